The van der Waals surface area contributed by atoms with Crippen LogP contribution < -0.4 is 10.1 Å². The highest BCUT2D eigenvalue weighted by Crippen LogP contribution is 2.31. The summed E-state index contributed by atoms with van der Waals surface area (Å²) in [5, 5.41) is 23.9. The van der Waals surface area contributed by atoms with Crippen LogP contribution in [0.3, 0.4) is 0 Å². The molecule has 0 unspecified atom stereocenters. The van der Waals surface area contributed by atoms with Crippen LogP contribution in [0.5, 0.6) is 5.75 Å². The molecule has 1 aromatic rings. The van der Waals surface area contributed by atoms with Crippen LogP contribution in [0.25, 0.3) is 0 Å². The number of aliphatic hydroxyl groups is 2. The van der Waals surface area contributed by atoms with Gasteiger partial charge in [0.2, 0.25) is 5.91 Å². The average molecular weight is 362 g/mol. The second kappa shape index (κ2) is 8.37. The number of rotatable bonds is 5. The molecular formula is C20H30N2O4. The Morgan fingerprint density at radius 1 is 1.19 bits per heavy atom. The molecule has 1 saturated carbocycles. The number of carbonyl (C=O) groups excluding carboxylic acids is 1. The SMILES string of the molecule is CC(C)C(=O)N[C@@H]1C[C@@H](Oc2ccccc2)[C@H](O)[C@H]1N1CCC(O)CC1. The zero-order chi connectivity index (χ0) is 18.7. The van der Waals surface area contributed by atoms with Crippen molar-refractivity contribution in [2.24, 2.45) is 5.92 Å². The van der Waals surface area contributed by atoms with Crippen molar-refractivity contribution in [3.8, 4) is 5.75 Å². The molecule has 6 heteroatoms. The Bertz CT molecular complexity index is 587. The minimum atomic E-state index is -0.692. The first-order chi connectivity index (χ1) is 12.5. The quantitative estimate of drug-likeness (QED) is 0.732. The van der Waals surface area contributed by atoms with Gasteiger partial charge in [-0.3, -0.25) is 9.69 Å². The van der Waals surface area contributed by atoms with E-state index < -0.39 is 6.10 Å². The second-order valence-corrected chi connectivity index (χ2v) is 7.72. The maximum Gasteiger partial charge on any atom is 0.222 e. The van der Waals surface area contributed by atoms with Crippen LogP contribution >= 0.6 is 0 Å². The van der Waals surface area contributed by atoms with Crippen LogP contribution in [0.4, 0.5) is 0 Å². The van der Waals surface area contributed by atoms with Gasteiger partial charge in [-0.05, 0) is 25.0 Å². The Morgan fingerprint density at radius 3 is 2.46 bits per heavy atom. The number of para-hydroxylation sites is 1. The molecule has 3 rings (SSSR count). The predicted octanol–water partition coefficient (Wildman–Crippen LogP) is 1.16. The maximum absolute atomic E-state index is 12.3. The van der Waals surface area contributed by atoms with E-state index in [-0.39, 0.29) is 36.1 Å². The van der Waals surface area contributed by atoms with E-state index in [4.69, 9.17) is 4.74 Å². The second-order valence-electron chi connectivity index (χ2n) is 7.72. The molecule has 26 heavy (non-hydrogen) atoms. The Kier molecular flexibility index (Phi) is 6.16. The number of benzene rings is 1. The molecule has 1 heterocycles. The molecule has 0 bridgehead atoms. The first-order valence-corrected chi connectivity index (χ1v) is 9.58. The summed E-state index contributed by atoms with van der Waals surface area (Å²) in [6, 6.07) is 9.11. The fourth-order valence-electron chi connectivity index (χ4n) is 3.93. The third-order valence-corrected chi connectivity index (χ3v) is 5.43. The van der Waals surface area contributed by atoms with Gasteiger partial charge >= 0.3 is 0 Å². The zero-order valence-corrected chi connectivity index (χ0v) is 15.5. The van der Waals surface area contributed by atoms with Crippen LogP contribution in [0.2, 0.25) is 0 Å². The van der Waals surface area contributed by atoms with Gasteiger partial charge in [-0.15, -0.1) is 0 Å². The van der Waals surface area contributed by atoms with Gasteiger partial charge < -0.3 is 20.3 Å². The van der Waals surface area contributed by atoms with Gasteiger partial charge in [0.1, 0.15) is 18.0 Å². The largest absolute Gasteiger partial charge is 0.488 e. The first kappa shape index (κ1) is 19.1. The molecule has 4 atom stereocenters. The smallest absolute Gasteiger partial charge is 0.222 e. The van der Waals surface area contributed by atoms with E-state index in [1.165, 1.54) is 0 Å². The fraction of sp³-hybridized carbons (Fsp3) is 0.650. The van der Waals surface area contributed by atoms with Crippen molar-refractivity contribution in [1.29, 1.82) is 0 Å². The third-order valence-electron chi connectivity index (χ3n) is 5.43. The number of aliphatic hydroxyl groups excluding tert-OH is 2. The summed E-state index contributed by atoms with van der Waals surface area (Å²) in [5.41, 5.74) is 0. The molecule has 144 valence electrons. The molecule has 3 N–H and O–H groups in total. The Labute approximate surface area is 155 Å². The molecule has 0 radical (unpaired) electrons. The van der Waals surface area contributed by atoms with E-state index in [0.29, 0.717) is 19.3 Å². The molecule has 6 nitrogen and oxygen atoms in total. The third kappa shape index (κ3) is 4.37. The fourth-order valence-corrected chi connectivity index (χ4v) is 3.93. The minimum absolute atomic E-state index is 0.00962. The van der Waals surface area contributed by atoms with E-state index in [0.717, 1.165) is 18.8 Å². The molecule has 1 aromatic carbocycles. The van der Waals surface area contributed by atoms with Gasteiger partial charge in [-0.1, -0.05) is 32.0 Å². The Balaban J connectivity index is 1.74. The number of amides is 1. The number of piperidine rings is 1. The van der Waals surface area contributed by atoms with Gasteiger partial charge in [-0.2, -0.15) is 0 Å². The van der Waals surface area contributed by atoms with E-state index in [2.05, 4.69) is 10.2 Å². The molecular weight excluding hydrogens is 332 g/mol. The van der Waals surface area contributed by atoms with Gasteiger partial charge in [0, 0.05) is 25.4 Å². The van der Waals surface area contributed by atoms with Crippen molar-refractivity contribution in [3.05, 3.63) is 30.3 Å². The summed E-state index contributed by atoms with van der Waals surface area (Å²) in [5.74, 6) is 0.606. The summed E-state index contributed by atoms with van der Waals surface area (Å²) in [6.07, 6.45) is 0.619. The van der Waals surface area contributed by atoms with Gasteiger partial charge in [-0.25, -0.2) is 0 Å². The maximum atomic E-state index is 12.3. The van der Waals surface area contributed by atoms with Crippen LogP contribution in [-0.4, -0.2) is 64.5 Å². The highest BCUT2D eigenvalue weighted by molar-refractivity contribution is 5.78. The number of hydrogen-bond acceptors (Lipinski definition) is 5. The van der Waals surface area contributed by atoms with Gasteiger partial charge in [0.05, 0.1) is 18.2 Å². The van der Waals surface area contributed by atoms with Crippen molar-refractivity contribution in [3.63, 3.8) is 0 Å². The van der Waals surface area contributed by atoms with Crippen LogP contribution in [0.1, 0.15) is 33.1 Å². The predicted molar refractivity (Wildman–Crippen MR) is 98.9 cm³/mol. The van der Waals surface area contributed by atoms with Gasteiger partial charge in [0.15, 0.2) is 0 Å². The summed E-state index contributed by atoms with van der Waals surface area (Å²) in [4.78, 5) is 14.5. The standard InChI is InChI=1S/C20H30N2O4/c1-13(2)20(25)21-16-12-17(26-15-6-4-3-5-7-15)19(24)18(16)22-10-8-14(23)9-11-22/h3-7,13-14,16-19,23-24H,8-12H2,1-2H3,(H,21,25)/t16-,17-,18+,19+/m1/s1. The number of carbonyl (C=O) groups is 1. The molecule has 1 aliphatic heterocycles. The Hall–Kier alpha value is -1.63. The van der Waals surface area contributed by atoms with Gasteiger partial charge in [0.25, 0.3) is 0 Å². The van der Waals surface area contributed by atoms with Crippen molar-refractivity contribution < 1.29 is 19.7 Å². The van der Waals surface area contributed by atoms with Crippen LogP contribution in [-0.2, 0) is 4.79 Å². The number of ether oxygens (including phenoxy) is 1. The summed E-state index contributed by atoms with van der Waals surface area (Å²) in [7, 11) is 0. The lowest BCUT2D eigenvalue weighted by Crippen LogP contribution is -2.56. The van der Waals surface area contributed by atoms with E-state index in [1.807, 2.05) is 44.2 Å². The molecule has 1 aliphatic carbocycles. The zero-order valence-electron chi connectivity index (χ0n) is 15.5. The Morgan fingerprint density at radius 2 is 1.85 bits per heavy atom. The molecule has 1 amide bonds. The van der Waals surface area contributed by atoms with Crippen LogP contribution in [0.15, 0.2) is 30.3 Å². The summed E-state index contributed by atoms with van der Waals surface area (Å²) < 4.78 is 6.02. The first-order valence-electron chi connectivity index (χ1n) is 9.58. The molecule has 2 fully saturated rings. The molecule has 1 saturated heterocycles. The number of nitrogens with zero attached hydrogens (tertiary/aromatic N) is 1. The molecule has 2 aliphatic rings. The van der Waals surface area contributed by atoms with E-state index in [1.54, 1.807) is 0 Å². The van der Waals surface area contributed by atoms with E-state index >= 15 is 0 Å². The van der Waals surface area contributed by atoms with Crippen LogP contribution in [0, 0.1) is 5.92 Å². The summed E-state index contributed by atoms with van der Waals surface area (Å²) in [6.45, 7) is 5.17. The number of nitrogens with one attached hydrogen (secondary N) is 1. The summed E-state index contributed by atoms with van der Waals surface area (Å²) >= 11 is 0. The molecule has 0 aromatic heterocycles. The van der Waals surface area contributed by atoms with Crippen molar-refractivity contribution >= 4 is 5.91 Å². The topological polar surface area (TPSA) is 82.0 Å². The lowest BCUT2D eigenvalue weighted by molar-refractivity contribution is -0.125. The van der Waals surface area contributed by atoms with Crippen molar-refractivity contribution in [2.75, 3.05) is 13.1 Å². The highest BCUT2D eigenvalue weighted by atomic mass is 16.5. The minimum Gasteiger partial charge on any atom is -0.488 e. The average Bonchev–Trinajstić information content (AvgIpc) is 2.92. The normalized spacial score (nSPS) is 30.5. The number of hydrogen-bond donors (Lipinski definition) is 3. The number of likely N-dealkylation sites (tertiary alicyclic amines) is 1. The molecule has 0 spiro atoms. The monoisotopic (exact) mass is 362 g/mol. The lowest BCUT2D eigenvalue weighted by atomic mass is 10.0. The van der Waals surface area contributed by atoms with Crippen molar-refractivity contribution in [2.45, 2.75) is 63.5 Å². The van der Waals surface area contributed by atoms with Crippen molar-refractivity contribution in [1.82, 2.24) is 10.2 Å². The lowest BCUT2D eigenvalue weighted by Gasteiger charge is -2.38. The van der Waals surface area contributed by atoms with E-state index in [9.17, 15) is 15.0 Å². The highest BCUT2D eigenvalue weighted by Gasteiger charge is 2.48.